The third-order valence-electron chi connectivity index (χ3n) is 5.62. The number of hydrogen-bond acceptors (Lipinski definition) is 4. The number of aromatic nitrogens is 2. The minimum atomic E-state index is -0.218. The van der Waals surface area contributed by atoms with Crippen LogP contribution in [0, 0.1) is 5.92 Å². The van der Waals surface area contributed by atoms with Gasteiger partial charge in [0.2, 0.25) is 5.91 Å². The summed E-state index contributed by atoms with van der Waals surface area (Å²) in [5.74, 6) is 1.53. The SMILES string of the molecule is CC1CCN(C(=O)Cn2c(CN(C)C(=O)c3ccco3)nc3ccccc32)CC1. The van der Waals surface area contributed by atoms with Gasteiger partial charge in [-0.15, -0.1) is 0 Å². The molecule has 0 radical (unpaired) electrons. The van der Waals surface area contributed by atoms with Crippen molar-refractivity contribution in [3.8, 4) is 0 Å². The smallest absolute Gasteiger partial charge is 0.289 e. The lowest BCUT2D eigenvalue weighted by atomic mass is 9.99. The first kappa shape index (κ1) is 19.2. The van der Waals surface area contributed by atoms with Crippen molar-refractivity contribution in [1.29, 1.82) is 0 Å². The Morgan fingerprint density at radius 3 is 2.66 bits per heavy atom. The highest BCUT2D eigenvalue weighted by Crippen LogP contribution is 2.20. The van der Waals surface area contributed by atoms with Gasteiger partial charge >= 0.3 is 0 Å². The van der Waals surface area contributed by atoms with E-state index in [1.165, 1.54) is 6.26 Å². The zero-order valence-corrected chi connectivity index (χ0v) is 16.9. The number of hydrogen-bond donors (Lipinski definition) is 0. The molecule has 0 atom stereocenters. The first-order valence-corrected chi connectivity index (χ1v) is 10.0. The number of nitrogens with zero attached hydrogens (tertiary/aromatic N) is 4. The molecule has 7 heteroatoms. The molecule has 0 unspecified atom stereocenters. The number of carbonyl (C=O) groups excluding carboxylic acids is 2. The summed E-state index contributed by atoms with van der Waals surface area (Å²) in [5.41, 5.74) is 1.72. The van der Waals surface area contributed by atoms with Crippen LogP contribution >= 0.6 is 0 Å². The maximum Gasteiger partial charge on any atom is 0.289 e. The van der Waals surface area contributed by atoms with Crippen LogP contribution in [0.3, 0.4) is 0 Å². The highest BCUT2D eigenvalue weighted by molar-refractivity contribution is 5.91. The van der Waals surface area contributed by atoms with Gasteiger partial charge in [-0.2, -0.15) is 0 Å². The number of furan rings is 1. The molecule has 0 aliphatic carbocycles. The van der Waals surface area contributed by atoms with Gasteiger partial charge in [-0.1, -0.05) is 19.1 Å². The Bertz CT molecular complexity index is 1000. The van der Waals surface area contributed by atoms with Gasteiger partial charge in [-0.05, 0) is 43.0 Å². The van der Waals surface area contributed by atoms with Crippen LogP contribution in [0.5, 0.6) is 0 Å². The maximum absolute atomic E-state index is 13.0. The molecule has 3 aromatic rings. The Morgan fingerprint density at radius 2 is 1.93 bits per heavy atom. The highest BCUT2D eigenvalue weighted by atomic mass is 16.3. The summed E-state index contributed by atoms with van der Waals surface area (Å²) in [7, 11) is 1.71. The molecule has 0 saturated carbocycles. The number of benzene rings is 1. The standard InChI is InChI=1S/C22H26N4O3/c1-16-9-11-25(12-10-16)21(27)15-26-18-7-4-3-6-17(18)23-20(26)14-24(2)22(28)19-8-5-13-29-19/h3-8,13,16H,9-12,14-15H2,1-2H3. The van der Waals surface area contributed by atoms with E-state index in [0.717, 1.165) is 37.0 Å². The van der Waals surface area contributed by atoms with Gasteiger partial charge in [0.1, 0.15) is 12.4 Å². The Balaban J connectivity index is 1.57. The van der Waals surface area contributed by atoms with Crippen molar-refractivity contribution >= 4 is 22.8 Å². The van der Waals surface area contributed by atoms with Gasteiger partial charge in [-0.25, -0.2) is 4.98 Å². The Hall–Kier alpha value is -3.09. The molecule has 3 heterocycles. The average molecular weight is 394 g/mol. The van der Waals surface area contributed by atoms with E-state index >= 15 is 0 Å². The van der Waals surface area contributed by atoms with Crippen LogP contribution in [0.2, 0.25) is 0 Å². The normalized spacial score (nSPS) is 15.0. The monoisotopic (exact) mass is 394 g/mol. The van der Waals surface area contributed by atoms with Crippen molar-refractivity contribution in [2.75, 3.05) is 20.1 Å². The summed E-state index contributed by atoms with van der Waals surface area (Å²) in [6.07, 6.45) is 3.57. The lowest BCUT2D eigenvalue weighted by Gasteiger charge is -2.30. The molecule has 4 rings (SSSR count). The maximum atomic E-state index is 13.0. The molecule has 2 amide bonds. The third-order valence-corrected chi connectivity index (χ3v) is 5.62. The number of piperidine rings is 1. The second-order valence-corrected chi connectivity index (χ2v) is 7.80. The number of carbonyl (C=O) groups is 2. The van der Waals surface area contributed by atoms with E-state index in [-0.39, 0.29) is 24.1 Å². The average Bonchev–Trinajstić information content (AvgIpc) is 3.37. The Morgan fingerprint density at radius 1 is 1.17 bits per heavy atom. The highest BCUT2D eigenvalue weighted by Gasteiger charge is 2.23. The van der Waals surface area contributed by atoms with Crippen LogP contribution in [0.15, 0.2) is 47.1 Å². The van der Waals surface area contributed by atoms with E-state index in [9.17, 15) is 9.59 Å². The van der Waals surface area contributed by atoms with Gasteiger partial charge in [-0.3, -0.25) is 9.59 Å². The van der Waals surface area contributed by atoms with Gasteiger partial charge in [0.25, 0.3) is 5.91 Å². The molecule has 1 aliphatic heterocycles. The minimum Gasteiger partial charge on any atom is -0.459 e. The van der Waals surface area contributed by atoms with Crippen LogP contribution in [0.4, 0.5) is 0 Å². The van der Waals surface area contributed by atoms with E-state index in [1.54, 1.807) is 24.1 Å². The van der Waals surface area contributed by atoms with E-state index in [0.29, 0.717) is 18.3 Å². The zero-order chi connectivity index (χ0) is 20.4. The molecule has 1 aromatic carbocycles. The van der Waals surface area contributed by atoms with Crippen LogP contribution in [-0.2, 0) is 17.9 Å². The fourth-order valence-electron chi connectivity index (χ4n) is 3.79. The lowest BCUT2D eigenvalue weighted by Crippen LogP contribution is -2.40. The molecule has 0 N–H and O–H groups in total. The molecular weight excluding hydrogens is 368 g/mol. The van der Waals surface area contributed by atoms with Crippen LogP contribution < -0.4 is 0 Å². The van der Waals surface area contributed by atoms with Crippen molar-refractivity contribution in [1.82, 2.24) is 19.4 Å². The minimum absolute atomic E-state index is 0.0984. The second-order valence-electron chi connectivity index (χ2n) is 7.80. The first-order valence-electron chi connectivity index (χ1n) is 10.0. The quantitative estimate of drug-likeness (QED) is 0.666. The second kappa shape index (κ2) is 8.11. The van der Waals surface area contributed by atoms with Crippen LogP contribution in [0.25, 0.3) is 11.0 Å². The summed E-state index contributed by atoms with van der Waals surface area (Å²) in [6.45, 7) is 4.36. The molecule has 152 valence electrons. The fourth-order valence-corrected chi connectivity index (χ4v) is 3.79. The van der Waals surface area contributed by atoms with Gasteiger partial charge in [0.15, 0.2) is 5.76 Å². The number of likely N-dealkylation sites (tertiary alicyclic amines) is 1. The lowest BCUT2D eigenvalue weighted by molar-refractivity contribution is -0.133. The predicted octanol–water partition coefficient (Wildman–Crippen LogP) is 3.16. The van der Waals surface area contributed by atoms with Crippen molar-refractivity contribution in [3.05, 3.63) is 54.2 Å². The molecular formula is C22H26N4O3. The number of fused-ring (bicyclic) bond motifs is 1. The molecule has 0 spiro atoms. The molecule has 2 aromatic heterocycles. The van der Waals surface area contributed by atoms with E-state index < -0.39 is 0 Å². The Kier molecular flexibility index (Phi) is 5.38. The predicted molar refractivity (Wildman–Crippen MR) is 109 cm³/mol. The van der Waals surface area contributed by atoms with Crippen molar-refractivity contribution in [3.63, 3.8) is 0 Å². The molecule has 1 saturated heterocycles. The topological polar surface area (TPSA) is 71.6 Å². The van der Waals surface area contributed by atoms with E-state index in [4.69, 9.17) is 9.40 Å². The fraction of sp³-hybridized carbons (Fsp3) is 0.409. The molecule has 29 heavy (non-hydrogen) atoms. The van der Waals surface area contributed by atoms with Gasteiger partial charge in [0.05, 0.1) is 23.8 Å². The van der Waals surface area contributed by atoms with E-state index in [2.05, 4.69) is 6.92 Å². The third kappa shape index (κ3) is 4.04. The van der Waals surface area contributed by atoms with E-state index in [1.807, 2.05) is 33.7 Å². The molecule has 1 aliphatic rings. The summed E-state index contributed by atoms with van der Waals surface area (Å²) in [5, 5.41) is 0. The number of para-hydroxylation sites is 2. The van der Waals surface area contributed by atoms with Crippen LogP contribution in [0.1, 0.15) is 36.1 Å². The summed E-state index contributed by atoms with van der Waals surface area (Å²) in [4.78, 5) is 33.7. The summed E-state index contributed by atoms with van der Waals surface area (Å²) < 4.78 is 7.15. The molecule has 1 fully saturated rings. The summed E-state index contributed by atoms with van der Waals surface area (Å²) in [6, 6.07) is 11.1. The largest absolute Gasteiger partial charge is 0.459 e. The Labute approximate surface area is 169 Å². The first-order chi connectivity index (χ1) is 14.0. The molecule has 0 bridgehead atoms. The zero-order valence-electron chi connectivity index (χ0n) is 16.9. The number of imidazole rings is 1. The van der Waals surface area contributed by atoms with Crippen molar-refractivity contribution in [2.45, 2.75) is 32.9 Å². The van der Waals surface area contributed by atoms with Gasteiger partial charge < -0.3 is 18.8 Å². The number of amides is 2. The number of rotatable bonds is 5. The van der Waals surface area contributed by atoms with Gasteiger partial charge in [0, 0.05) is 20.1 Å². The van der Waals surface area contributed by atoms with Crippen LogP contribution in [-0.4, -0.2) is 51.3 Å². The summed E-state index contributed by atoms with van der Waals surface area (Å²) >= 11 is 0. The van der Waals surface area contributed by atoms with Crippen molar-refractivity contribution in [2.24, 2.45) is 5.92 Å². The van der Waals surface area contributed by atoms with Crippen molar-refractivity contribution < 1.29 is 14.0 Å². The molecule has 7 nitrogen and oxygen atoms in total.